The smallest absolute Gasteiger partial charge is 0.508 e. The highest BCUT2D eigenvalue weighted by molar-refractivity contribution is 6.80. The van der Waals surface area contributed by atoms with Crippen LogP contribution in [0.2, 0.25) is 52.4 Å². The van der Waals surface area contributed by atoms with E-state index in [4.69, 9.17) is 134 Å². The number of esters is 1. The Hall–Kier alpha value is -8.41. The third-order valence-electron chi connectivity index (χ3n) is 21.4. The molecule has 0 saturated carbocycles. The van der Waals surface area contributed by atoms with Crippen LogP contribution in [0, 0.1) is 0 Å². The molecule has 0 aliphatic heterocycles. The lowest BCUT2D eigenvalue weighted by Crippen LogP contribution is -2.49. The lowest BCUT2D eigenvalue weighted by Gasteiger charge is -2.23. The van der Waals surface area contributed by atoms with Crippen molar-refractivity contribution in [3.05, 3.63) is 228 Å². The molecule has 139 heavy (non-hydrogen) atoms. The minimum Gasteiger partial charge on any atom is -0.508 e. The number of phenolic OH excluding ortho intramolecular Hbond substituents is 3. The minimum atomic E-state index is -2.24. The zero-order chi connectivity index (χ0) is 106. The monoisotopic (exact) mass is 2080 g/mol. The number of hydrogen-bond acceptors (Lipinski definition) is 31. The van der Waals surface area contributed by atoms with E-state index >= 15 is 0 Å². The molecular formula is C99H160O32Si8. The van der Waals surface area contributed by atoms with E-state index in [0.29, 0.717) is 30.5 Å². The maximum absolute atomic E-state index is 11.6. The molecule has 4 N–H and O–H groups in total. The molecule has 2 atom stereocenters. The van der Waals surface area contributed by atoms with E-state index in [0.717, 1.165) is 86.0 Å². The van der Waals surface area contributed by atoms with Crippen molar-refractivity contribution in [2.45, 2.75) is 182 Å². The van der Waals surface area contributed by atoms with E-state index in [9.17, 15) is 14.4 Å². The van der Waals surface area contributed by atoms with E-state index in [1.807, 2.05) is 228 Å². The van der Waals surface area contributed by atoms with Gasteiger partial charge >= 0.3 is 86.6 Å². The maximum atomic E-state index is 11.6. The average molecular weight is 2090 g/mol. The van der Waals surface area contributed by atoms with Crippen molar-refractivity contribution in [1.82, 2.24) is 0 Å². The number of carbonyl (C=O) groups is 3. The molecule has 8 rings (SSSR count). The number of aliphatic carboxylic acids is 1. The van der Waals surface area contributed by atoms with E-state index in [1.165, 1.54) is 5.56 Å². The van der Waals surface area contributed by atoms with Crippen LogP contribution in [0.5, 0.6) is 46.0 Å². The molecule has 0 spiro atoms. The van der Waals surface area contributed by atoms with Crippen LogP contribution >= 0.6 is 0 Å². The molecule has 0 aromatic heterocycles. The molecule has 8 aromatic rings. The van der Waals surface area contributed by atoms with Crippen LogP contribution in [-0.4, -0.2) is 271 Å². The van der Waals surface area contributed by atoms with E-state index in [-0.39, 0.29) is 49.0 Å². The third kappa shape index (κ3) is 53.0. The fourth-order valence-electron chi connectivity index (χ4n) is 11.8. The number of rotatable bonds is 45. The first-order valence-corrected chi connectivity index (χ1v) is 64.8. The predicted octanol–water partition coefficient (Wildman–Crippen LogP) is 17.5. The molecule has 0 radical (unpaired) electrons. The Morgan fingerprint density at radius 3 is 0.719 bits per heavy atom. The number of hydrogen-bond donors (Lipinski definition) is 4. The number of ether oxygens (including phenoxy) is 9. The van der Waals surface area contributed by atoms with Crippen LogP contribution < -0.4 is 34.1 Å². The largest absolute Gasteiger partial charge is 0.514 e. The van der Waals surface area contributed by atoms with Crippen molar-refractivity contribution >= 4 is 97.0 Å². The fraction of sp³-hybridized carbons (Fsp3) is 0.485. The van der Waals surface area contributed by atoms with Crippen molar-refractivity contribution in [2.75, 3.05) is 140 Å². The van der Waals surface area contributed by atoms with Gasteiger partial charge in [0.25, 0.3) is 0 Å². The zero-order valence-electron chi connectivity index (χ0n) is 88.4. The molecule has 8 aromatic carbocycles. The highest BCUT2D eigenvalue weighted by Crippen LogP contribution is 2.26. The van der Waals surface area contributed by atoms with Crippen molar-refractivity contribution in [3.8, 4) is 46.0 Å². The van der Waals surface area contributed by atoms with Crippen LogP contribution in [-0.2, 0) is 136 Å². The topological polar surface area (TPSA) is 363 Å². The molecule has 0 saturated heterocycles. The summed E-state index contributed by atoms with van der Waals surface area (Å²) >= 11 is 0. The van der Waals surface area contributed by atoms with Gasteiger partial charge in [0.05, 0.1) is 0 Å². The normalized spacial score (nSPS) is 12.2. The summed E-state index contributed by atoms with van der Waals surface area (Å²) < 4.78 is 135. The predicted molar refractivity (Wildman–Crippen MR) is 558 cm³/mol. The zero-order valence-corrected chi connectivity index (χ0v) is 96.4. The second-order valence-electron chi connectivity index (χ2n) is 34.4. The lowest BCUT2D eigenvalue weighted by atomic mass is 10.2. The molecule has 2 unspecified atom stereocenters. The summed E-state index contributed by atoms with van der Waals surface area (Å²) in [5.41, 5.74) is 5.64. The molecule has 780 valence electrons. The second kappa shape index (κ2) is 65.0. The summed E-state index contributed by atoms with van der Waals surface area (Å²) in [5, 5.41) is 37.9. The second-order valence-corrected chi connectivity index (χ2v) is 61.6. The molecule has 32 nitrogen and oxygen atoms in total. The summed E-state index contributed by atoms with van der Waals surface area (Å²) in [6.45, 7) is 35.4. The Labute approximate surface area is 835 Å². The molecule has 0 amide bonds. The van der Waals surface area contributed by atoms with E-state index < -0.39 is 91.8 Å². The summed E-state index contributed by atoms with van der Waals surface area (Å²) in [7, 11) is 9.74. The van der Waals surface area contributed by atoms with Gasteiger partial charge in [-0.05, 0) is 262 Å². The van der Waals surface area contributed by atoms with Gasteiger partial charge in [0, 0.05) is 163 Å². The van der Waals surface area contributed by atoms with Gasteiger partial charge in [-0.2, -0.15) is 0 Å². The summed E-state index contributed by atoms with van der Waals surface area (Å²) in [6, 6.07) is 63.7. The molecule has 0 aliphatic rings. The SMILES string of the molecule is CCOC(C)Oc1ccc(C[Si](C)(OC)OC)cc1.CCOC(C)Oc1ccc([Si](C)(OC)OC)cc1.CO[Si](C)(Cc1ccc(O)cc1)OC.CO[Si](C)(Cc1ccc(O)cc1)OC.CO[Si](C)(Cc1ccc(OC(=O)OC(C)(C)C)cc1)OC.CO[Si](C)(Cc1ccc(OCC(=O)O)cc1)OC.CO[Si](C)(Cc1ccc(OCC(=O)OC(C)(C)C)cc1)OC.CO[Si](C)(OC)c1ccc(O)cc1. The van der Waals surface area contributed by atoms with Gasteiger partial charge in [0.15, 0.2) is 25.8 Å². The highest BCUT2D eigenvalue weighted by atomic mass is 28.4. The first kappa shape index (κ1) is 129. The minimum absolute atomic E-state index is 0.0980. The Bertz CT molecular complexity index is 4540. The Morgan fingerprint density at radius 1 is 0.288 bits per heavy atom. The number of carboxylic acid groups (broad SMARTS) is 1. The summed E-state index contributed by atoms with van der Waals surface area (Å²) in [5.74, 6) is 2.67. The third-order valence-corrected chi connectivity index (χ3v) is 43.9. The van der Waals surface area contributed by atoms with Crippen LogP contribution in [0.1, 0.15) is 103 Å². The molecule has 40 heteroatoms. The van der Waals surface area contributed by atoms with Crippen molar-refractivity contribution < 1.29 is 148 Å². The van der Waals surface area contributed by atoms with Gasteiger partial charge < -0.3 is 134 Å². The number of aromatic hydroxyl groups is 3. The first-order valence-electron chi connectivity index (χ1n) is 45.0. The van der Waals surface area contributed by atoms with Crippen LogP contribution in [0.4, 0.5) is 4.79 Å². The lowest BCUT2D eigenvalue weighted by molar-refractivity contribution is -0.157. The van der Waals surface area contributed by atoms with Gasteiger partial charge in [-0.25, -0.2) is 14.4 Å². The summed E-state index contributed by atoms with van der Waals surface area (Å²) in [4.78, 5) is 33.5. The Balaban J connectivity index is 0.000000799. The summed E-state index contributed by atoms with van der Waals surface area (Å²) in [6.07, 6.45) is -1.17. The fourth-order valence-corrected chi connectivity index (χ4v) is 23.2. The molecule has 0 bridgehead atoms. The molecule has 0 heterocycles. The van der Waals surface area contributed by atoms with E-state index in [1.54, 1.807) is 195 Å². The number of carboxylic acids is 1. The van der Waals surface area contributed by atoms with Crippen LogP contribution in [0.15, 0.2) is 194 Å². The molecule has 0 aliphatic carbocycles. The van der Waals surface area contributed by atoms with Gasteiger partial charge in [0.2, 0.25) is 0 Å². The van der Waals surface area contributed by atoms with E-state index in [2.05, 4.69) is 6.55 Å². The van der Waals surface area contributed by atoms with Crippen molar-refractivity contribution in [2.24, 2.45) is 0 Å². The standard InChI is InChI=1S/C16H26O5Si.C15H24O5Si.C14H24O4Si.C13H22O4Si.C12H18O5Si.2C10H16O3Si.C9H14O3Si/c1-16(2,3)21-15(17)11-20-14-9-7-13(8-10-14)12-22(6,18-4)19-5;1-15(2,3)20-14(16)19-13-9-7-12(8-10-13)11-21(6,17-4)18-5;1-6-17-12(2)18-14-9-7-13(8-10-14)11-19(5,15-3)16-4;1-6-16-11(2)17-12-7-9-13(10-8-12)18(5,14-3)15-4;1-15-18(3,16-2)9-10-4-6-11(7-5-10)17-8-12(13)14;2*1-12-14(3,13-2)8-9-4-6-10(11)7-5-9;1-11-13(3,12-2)9-6-4-8(10)5-7-9/h7-10H,11-12H2,1-6H3;7-10H,11H2,1-6H3;7-10,12H,6,11H2,1-5H3;7-11H,6H2,1-5H3;4-7H,8-9H2,1-3H3,(H,13,14);2*4-7,11H,8H2,1-3H3;4-7,10H,1-3H3. The van der Waals surface area contributed by atoms with Crippen molar-refractivity contribution in [3.63, 3.8) is 0 Å². The highest BCUT2D eigenvalue weighted by Gasteiger charge is 2.36. The average Bonchev–Trinajstić information content (AvgIpc) is 0.827. The quantitative estimate of drug-likeness (QED) is 0.0119. The van der Waals surface area contributed by atoms with Gasteiger partial charge in [-0.1, -0.05) is 97.1 Å². The number of phenols is 3. The maximum Gasteiger partial charge on any atom is 0.514 e. The van der Waals surface area contributed by atoms with Crippen LogP contribution in [0.25, 0.3) is 0 Å². The Morgan fingerprint density at radius 2 is 0.496 bits per heavy atom. The number of carbonyl (C=O) groups excluding carboxylic acids is 2. The first-order chi connectivity index (χ1) is 65.2. The number of benzene rings is 8. The van der Waals surface area contributed by atoms with Crippen LogP contribution in [0.3, 0.4) is 0 Å². The Kier molecular flexibility index (Phi) is 60.1. The van der Waals surface area contributed by atoms with Crippen molar-refractivity contribution in [1.29, 1.82) is 0 Å². The molecule has 0 fully saturated rings. The van der Waals surface area contributed by atoms with Gasteiger partial charge in [-0.15, -0.1) is 0 Å². The van der Waals surface area contributed by atoms with Gasteiger partial charge in [-0.3, -0.25) is 0 Å². The molecular weight excluding hydrogens is 1930 g/mol. The van der Waals surface area contributed by atoms with Gasteiger partial charge in [0.1, 0.15) is 57.2 Å².